The lowest BCUT2D eigenvalue weighted by atomic mass is 9.84. The molecule has 1 fully saturated rings. The van der Waals surface area contributed by atoms with Crippen LogP contribution in [0.4, 0.5) is 0 Å². The van der Waals surface area contributed by atoms with Gasteiger partial charge >= 0.3 is 5.97 Å². The number of aryl methyl sites for hydroxylation is 1. The quantitative estimate of drug-likeness (QED) is 0.885. The average Bonchev–Trinajstić information content (AvgIpc) is 2.93. The van der Waals surface area contributed by atoms with Gasteiger partial charge in [-0.3, -0.25) is 4.68 Å². The Balaban J connectivity index is 1.76. The van der Waals surface area contributed by atoms with E-state index in [-0.39, 0.29) is 5.97 Å². The number of esters is 1. The van der Waals surface area contributed by atoms with Gasteiger partial charge in [0.05, 0.1) is 18.9 Å². The molecule has 0 radical (unpaired) electrons. The van der Waals surface area contributed by atoms with Crippen molar-refractivity contribution in [2.75, 3.05) is 13.7 Å². The van der Waals surface area contributed by atoms with Crippen molar-refractivity contribution in [3.05, 3.63) is 52.8 Å². The zero-order chi connectivity index (χ0) is 16.4. The van der Waals surface area contributed by atoms with Crippen LogP contribution in [0.25, 0.3) is 0 Å². The molecule has 2 heterocycles. The standard InChI is InChI=1S/C18H23N3O2/c1-12-16(11-20-21(12)2)15-8-9-19-17(10-15)13-4-6-14(7-5-13)18(22)23-3/h4-7,11,15,17,19H,8-10H2,1-3H3. The first kappa shape index (κ1) is 15.7. The summed E-state index contributed by atoms with van der Waals surface area (Å²) in [5.41, 5.74) is 4.40. The van der Waals surface area contributed by atoms with Crippen LogP contribution in [0.15, 0.2) is 30.5 Å². The van der Waals surface area contributed by atoms with Crippen molar-refractivity contribution in [2.24, 2.45) is 7.05 Å². The summed E-state index contributed by atoms with van der Waals surface area (Å²) in [6.07, 6.45) is 4.18. The Labute approximate surface area is 136 Å². The molecular formula is C18H23N3O2. The molecule has 1 aliphatic heterocycles. The van der Waals surface area contributed by atoms with Crippen molar-refractivity contribution in [3.63, 3.8) is 0 Å². The van der Waals surface area contributed by atoms with Crippen LogP contribution in [0.1, 0.15) is 52.0 Å². The number of nitrogens with zero attached hydrogens (tertiary/aromatic N) is 2. The van der Waals surface area contributed by atoms with E-state index in [4.69, 9.17) is 4.74 Å². The Bertz CT molecular complexity index is 691. The molecule has 1 aromatic carbocycles. The maximum Gasteiger partial charge on any atom is 0.337 e. The van der Waals surface area contributed by atoms with Crippen LogP contribution in [-0.2, 0) is 11.8 Å². The summed E-state index contributed by atoms with van der Waals surface area (Å²) in [6, 6.07) is 8.01. The first-order chi connectivity index (χ1) is 11.1. The van der Waals surface area contributed by atoms with Crippen LogP contribution < -0.4 is 5.32 Å². The summed E-state index contributed by atoms with van der Waals surface area (Å²) < 4.78 is 6.69. The van der Waals surface area contributed by atoms with E-state index < -0.39 is 0 Å². The van der Waals surface area contributed by atoms with E-state index in [2.05, 4.69) is 17.3 Å². The fourth-order valence-electron chi connectivity index (χ4n) is 3.34. The molecule has 1 aromatic heterocycles. The van der Waals surface area contributed by atoms with Gasteiger partial charge in [-0.15, -0.1) is 0 Å². The van der Waals surface area contributed by atoms with Crippen LogP contribution in [0.2, 0.25) is 0 Å². The van der Waals surface area contributed by atoms with Gasteiger partial charge in [0.1, 0.15) is 0 Å². The highest BCUT2D eigenvalue weighted by Crippen LogP contribution is 2.35. The minimum Gasteiger partial charge on any atom is -0.465 e. The Morgan fingerprint density at radius 3 is 2.70 bits per heavy atom. The van der Waals surface area contributed by atoms with Crippen LogP contribution in [-0.4, -0.2) is 29.4 Å². The number of hydrogen-bond donors (Lipinski definition) is 1. The first-order valence-electron chi connectivity index (χ1n) is 8.00. The number of piperidine rings is 1. The molecule has 23 heavy (non-hydrogen) atoms. The van der Waals surface area contributed by atoms with E-state index in [1.807, 2.05) is 42.2 Å². The molecule has 5 nitrogen and oxygen atoms in total. The highest BCUT2D eigenvalue weighted by atomic mass is 16.5. The largest absolute Gasteiger partial charge is 0.465 e. The number of nitrogens with one attached hydrogen (secondary N) is 1. The number of methoxy groups -OCH3 is 1. The number of rotatable bonds is 3. The molecule has 5 heteroatoms. The molecule has 2 aromatic rings. The molecule has 0 bridgehead atoms. The molecular weight excluding hydrogens is 290 g/mol. The molecule has 1 saturated heterocycles. The smallest absolute Gasteiger partial charge is 0.337 e. The Morgan fingerprint density at radius 2 is 2.09 bits per heavy atom. The zero-order valence-corrected chi connectivity index (χ0v) is 13.9. The minimum atomic E-state index is -0.294. The highest BCUT2D eigenvalue weighted by molar-refractivity contribution is 5.89. The summed E-state index contributed by atoms with van der Waals surface area (Å²) in [6.45, 7) is 3.12. The predicted molar refractivity (Wildman–Crippen MR) is 88.4 cm³/mol. The zero-order valence-electron chi connectivity index (χ0n) is 13.9. The molecule has 0 amide bonds. The number of aromatic nitrogens is 2. The molecule has 2 unspecified atom stereocenters. The summed E-state index contributed by atoms with van der Waals surface area (Å²) in [5.74, 6) is 0.229. The lowest BCUT2D eigenvalue weighted by Crippen LogP contribution is -2.31. The van der Waals surface area contributed by atoms with Crippen LogP contribution in [0.5, 0.6) is 0 Å². The maximum absolute atomic E-state index is 11.5. The first-order valence-corrected chi connectivity index (χ1v) is 8.00. The predicted octanol–water partition coefficient (Wildman–Crippen LogP) is 2.72. The molecule has 3 rings (SSSR count). The lowest BCUT2D eigenvalue weighted by molar-refractivity contribution is 0.0600. The highest BCUT2D eigenvalue weighted by Gasteiger charge is 2.26. The molecule has 2 atom stereocenters. The van der Waals surface area contributed by atoms with Gasteiger partial charge in [-0.2, -0.15) is 5.10 Å². The monoisotopic (exact) mass is 313 g/mol. The number of carbonyl (C=O) groups is 1. The van der Waals surface area contributed by atoms with E-state index in [1.165, 1.54) is 23.9 Å². The normalized spacial score (nSPS) is 21.2. The Morgan fingerprint density at radius 1 is 1.35 bits per heavy atom. The lowest BCUT2D eigenvalue weighted by Gasteiger charge is -2.30. The van der Waals surface area contributed by atoms with Gasteiger partial charge in [0.25, 0.3) is 0 Å². The van der Waals surface area contributed by atoms with Gasteiger partial charge < -0.3 is 10.1 Å². The fourth-order valence-corrected chi connectivity index (χ4v) is 3.34. The third-order valence-electron chi connectivity index (χ3n) is 4.85. The number of benzene rings is 1. The third-order valence-corrected chi connectivity index (χ3v) is 4.85. The number of ether oxygens (including phenoxy) is 1. The Hall–Kier alpha value is -2.14. The van der Waals surface area contributed by atoms with Gasteiger partial charge in [-0.25, -0.2) is 4.79 Å². The SMILES string of the molecule is COC(=O)c1ccc(C2CC(c3cnn(C)c3C)CCN2)cc1. The maximum atomic E-state index is 11.5. The number of carbonyl (C=O) groups excluding carboxylic acids is 1. The van der Waals surface area contributed by atoms with Gasteiger partial charge in [-0.1, -0.05) is 12.1 Å². The Kier molecular flexibility index (Phi) is 4.48. The van der Waals surface area contributed by atoms with E-state index in [9.17, 15) is 4.79 Å². The topological polar surface area (TPSA) is 56.1 Å². The average molecular weight is 313 g/mol. The fraction of sp³-hybridized carbons (Fsp3) is 0.444. The molecule has 122 valence electrons. The van der Waals surface area contributed by atoms with Crippen LogP contribution >= 0.6 is 0 Å². The van der Waals surface area contributed by atoms with Crippen molar-refractivity contribution in [1.82, 2.24) is 15.1 Å². The van der Waals surface area contributed by atoms with E-state index in [0.29, 0.717) is 17.5 Å². The summed E-state index contributed by atoms with van der Waals surface area (Å²) in [7, 11) is 3.39. The second kappa shape index (κ2) is 6.54. The second-order valence-electron chi connectivity index (χ2n) is 6.15. The third kappa shape index (κ3) is 3.15. The van der Waals surface area contributed by atoms with Gasteiger partial charge in [0.2, 0.25) is 0 Å². The van der Waals surface area contributed by atoms with E-state index in [0.717, 1.165) is 19.4 Å². The van der Waals surface area contributed by atoms with Crippen molar-refractivity contribution in [2.45, 2.75) is 31.7 Å². The van der Waals surface area contributed by atoms with Crippen molar-refractivity contribution < 1.29 is 9.53 Å². The summed E-state index contributed by atoms with van der Waals surface area (Å²) in [4.78, 5) is 11.5. The van der Waals surface area contributed by atoms with Crippen molar-refractivity contribution in [3.8, 4) is 0 Å². The summed E-state index contributed by atoms with van der Waals surface area (Å²) >= 11 is 0. The minimum absolute atomic E-state index is 0.294. The van der Waals surface area contributed by atoms with Crippen molar-refractivity contribution >= 4 is 5.97 Å². The number of hydrogen-bond acceptors (Lipinski definition) is 4. The van der Waals surface area contributed by atoms with Crippen LogP contribution in [0.3, 0.4) is 0 Å². The molecule has 0 aliphatic carbocycles. The van der Waals surface area contributed by atoms with Crippen molar-refractivity contribution in [1.29, 1.82) is 0 Å². The second-order valence-corrected chi connectivity index (χ2v) is 6.15. The molecule has 0 saturated carbocycles. The molecule has 1 N–H and O–H groups in total. The van der Waals surface area contributed by atoms with Gasteiger partial charge in [0.15, 0.2) is 0 Å². The van der Waals surface area contributed by atoms with Crippen LogP contribution in [0, 0.1) is 6.92 Å². The summed E-state index contributed by atoms with van der Waals surface area (Å²) in [5, 5.41) is 7.96. The van der Waals surface area contributed by atoms with Gasteiger partial charge in [-0.05, 0) is 55.5 Å². The molecule has 0 spiro atoms. The van der Waals surface area contributed by atoms with Gasteiger partial charge in [0, 0.05) is 18.8 Å². The van der Waals surface area contributed by atoms with E-state index in [1.54, 1.807) is 0 Å². The molecule has 1 aliphatic rings. The van der Waals surface area contributed by atoms with E-state index >= 15 is 0 Å².